The van der Waals surface area contributed by atoms with E-state index in [0.29, 0.717) is 5.56 Å². The van der Waals surface area contributed by atoms with Crippen LogP contribution in [0.2, 0.25) is 0 Å². The van der Waals surface area contributed by atoms with Crippen LogP contribution in [0.3, 0.4) is 0 Å². The molecule has 0 aliphatic carbocycles. The number of halogens is 2. The van der Waals surface area contributed by atoms with Gasteiger partial charge in [0.1, 0.15) is 0 Å². The predicted octanol–water partition coefficient (Wildman–Crippen LogP) is 2.61. The average Bonchev–Trinajstić information content (AvgIpc) is 2.20. The first-order valence-electron chi connectivity index (χ1n) is 3.98. The molecule has 0 fully saturated rings. The minimum atomic E-state index is -0.0501. The summed E-state index contributed by atoms with van der Waals surface area (Å²) < 4.78 is 0.731. The normalized spacial score (nSPS) is 9.86. The Balaban J connectivity index is 2.89. The maximum Gasteiger partial charge on any atom is 0.151 e. The van der Waals surface area contributed by atoms with Crippen LogP contribution in [0, 0.1) is 0 Å². The topological polar surface area (TPSA) is 34.1 Å². The van der Waals surface area contributed by atoms with E-state index in [4.69, 9.17) is 11.6 Å². The summed E-state index contributed by atoms with van der Waals surface area (Å²) in [6, 6.07) is 5.23. The van der Waals surface area contributed by atoms with Gasteiger partial charge in [0.2, 0.25) is 0 Å². The second kappa shape index (κ2) is 5.27. The van der Waals surface area contributed by atoms with E-state index < -0.39 is 0 Å². The second-order valence-electron chi connectivity index (χ2n) is 2.82. The fourth-order valence-corrected chi connectivity index (χ4v) is 1.50. The van der Waals surface area contributed by atoms with Gasteiger partial charge < -0.3 is 0 Å². The van der Waals surface area contributed by atoms with Crippen LogP contribution < -0.4 is 0 Å². The molecule has 74 valence electrons. The molecule has 1 aromatic rings. The molecule has 0 aromatic heterocycles. The average molecular weight is 276 g/mol. The smallest absolute Gasteiger partial charge is 0.151 e. The fraction of sp³-hybridized carbons (Fsp3) is 0.200. The minimum Gasteiger partial charge on any atom is -0.298 e. The Morgan fingerprint density at radius 3 is 2.79 bits per heavy atom. The van der Waals surface area contributed by atoms with Crippen molar-refractivity contribution in [3.05, 3.63) is 33.8 Å². The molecule has 0 amide bonds. The molecule has 0 unspecified atom stereocenters. The Labute approximate surface area is 95.4 Å². The second-order valence-corrected chi connectivity index (χ2v) is 3.94. The van der Waals surface area contributed by atoms with Crippen molar-refractivity contribution in [1.29, 1.82) is 0 Å². The molecular formula is C10H8BrClO2. The van der Waals surface area contributed by atoms with Gasteiger partial charge in [0.15, 0.2) is 12.1 Å². The molecule has 0 saturated heterocycles. The molecule has 0 radical (unpaired) electrons. The summed E-state index contributed by atoms with van der Waals surface area (Å²) in [5.74, 6) is -0.0437. The molecule has 0 N–H and O–H groups in total. The highest BCUT2D eigenvalue weighted by Crippen LogP contribution is 2.17. The van der Waals surface area contributed by atoms with Crippen molar-refractivity contribution >= 4 is 39.6 Å². The first kappa shape index (κ1) is 11.4. The molecule has 0 atom stereocenters. The zero-order valence-electron chi connectivity index (χ0n) is 7.30. The van der Waals surface area contributed by atoms with E-state index in [1.807, 2.05) is 0 Å². The number of alkyl halides is 1. The zero-order chi connectivity index (χ0) is 10.6. The number of carbonyl (C=O) groups excluding carboxylic acids is 2. The van der Waals surface area contributed by atoms with Crippen LogP contribution in [-0.4, -0.2) is 17.9 Å². The van der Waals surface area contributed by atoms with Gasteiger partial charge in [-0.05, 0) is 17.7 Å². The summed E-state index contributed by atoms with van der Waals surface area (Å²) in [7, 11) is 0. The number of ketones is 1. The lowest BCUT2D eigenvalue weighted by atomic mass is 10.1. The number of hydrogen-bond donors (Lipinski definition) is 0. The lowest BCUT2D eigenvalue weighted by molar-refractivity contribution is -0.116. The zero-order valence-corrected chi connectivity index (χ0v) is 9.64. The first-order chi connectivity index (χ1) is 6.67. The van der Waals surface area contributed by atoms with Gasteiger partial charge >= 0.3 is 0 Å². The molecule has 14 heavy (non-hydrogen) atoms. The van der Waals surface area contributed by atoms with E-state index in [-0.39, 0.29) is 18.1 Å². The molecule has 0 bridgehead atoms. The molecule has 4 heteroatoms. The highest BCUT2D eigenvalue weighted by Gasteiger charge is 2.04. The van der Waals surface area contributed by atoms with Crippen LogP contribution >= 0.6 is 27.5 Å². The molecule has 0 aliphatic rings. The van der Waals surface area contributed by atoms with E-state index in [1.54, 1.807) is 18.2 Å². The van der Waals surface area contributed by atoms with Crippen molar-refractivity contribution < 1.29 is 9.59 Å². The van der Waals surface area contributed by atoms with Crippen LogP contribution in [0.15, 0.2) is 22.7 Å². The van der Waals surface area contributed by atoms with Gasteiger partial charge in [0.05, 0.1) is 5.88 Å². The third-order valence-corrected chi connectivity index (χ3v) is 2.76. The van der Waals surface area contributed by atoms with Crippen LogP contribution in [0.5, 0.6) is 0 Å². The third-order valence-electron chi connectivity index (χ3n) is 1.74. The molecule has 1 rings (SSSR count). The third kappa shape index (κ3) is 2.93. The van der Waals surface area contributed by atoms with E-state index in [1.165, 1.54) is 0 Å². The van der Waals surface area contributed by atoms with Gasteiger partial charge in [-0.3, -0.25) is 9.59 Å². The molecule has 2 nitrogen and oxygen atoms in total. The number of aldehydes is 1. The standard InChI is InChI=1S/C10H8BrClO2/c11-10-2-1-7(3-8(10)6-13)4-9(14)5-12/h1-3,6H,4-5H2. The number of rotatable bonds is 4. The van der Waals surface area contributed by atoms with Gasteiger partial charge in [-0.15, -0.1) is 11.6 Å². The minimum absolute atomic E-state index is 0.00644. The SMILES string of the molecule is O=Cc1cc(CC(=O)CCl)ccc1Br. The summed E-state index contributed by atoms with van der Waals surface area (Å²) in [6.07, 6.45) is 1.02. The van der Waals surface area contributed by atoms with E-state index in [9.17, 15) is 9.59 Å². The summed E-state index contributed by atoms with van der Waals surface area (Å²) >= 11 is 8.61. The molecule has 0 saturated carbocycles. The van der Waals surface area contributed by atoms with Gasteiger partial charge in [-0.2, -0.15) is 0 Å². The molecular weight excluding hydrogens is 267 g/mol. The fourth-order valence-electron chi connectivity index (χ4n) is 1.07. The van der Waals surface area contributed by atoms with E-state index >= 15 is 0 Å². The van der Waals surface area contributed by atoms with Gasteiger partial charge in [0, 0.05) is 16.5 Å². The van der Waals surface area contributed by atoms with Crippen molar-refractivity contribution in [2.75, 3.05) is 5.88 Å². The maximum absolute atomic E-state index is 11.0. The molecule has 1 aromatic carbocycles. The van der Waals surface area contributed by atoms with E-state index in [2.05, 4.69) is 15.9 Å². The van der Waals surface area contributed by atoms with Crippen molar-refractivity contribution in [3.63, 3.8) is 0 Å². The van der Waals surface area contributed by atoms with Crippen molar-refractivity contribution in [1.82, 2.24) is 0 Å². The van der Waals surface area contributed by atoms with Crippen molar-refractivity contribution in [3.8, 4) is 0 Å². The van der Waals surface area contributed by atoms with Crippen LogP contribution in [0.25, 0.3) is 0 Å². The number of carbonyl (C=O) groups is 2. The number of benzene rings is 1. The predicted molar refractivity (Wildman–Crippen MR) is 59.0 cm³/mol. The Morgan fingerprint density at radius 1 is 1.50 bits per heavy atom. The quantitative estimate of drug-likeness (QED) is 0.625. The van der Waals surface area contributed by atoms with Crippen LogP contribution in [-0.2, 0) is 11.2 Å². The lowest BCUT2D eigenvalue weighted by Crippen LogP contribution is -2.04. The maximum atomic E-state index is 11.0. The van der Waals surface area contributed by atoms with Gasteiger partial charge in [0.25, 0.3) is 0 Å². The van der Waals surface area contributed by atoms with Crippen LogP contribution in [0.4, 0.5) is 0 Å². The van der Waals surface area contributed by atoms with Gasteiger partial charge in [-0.25, -0.2) is 0 Å². The summed E-state index contributed by atoms with van der Waals surface area (Å²) in [6.45, 7) is 0. The highest BCUT2D eigenvalue weighted by molar-refractivity contribution is 9.10. The highest BCUT2D eigenvalue weighted by atomic mass is 79.9. The molecule has 0 heterocycles. The van der Waals surface area contributed by atoms with Crippen molar-refractivity contribution in [2.45, 2.75) is 6.42 Å². The van der Waals surface area contributed by atoms with E-state index in [0.717, 1.165) is 16.3 Å². The van der Waals surface area contributed by atoms with Crippen molar-refractivity contribution in [2.24, 2.45) is 0 Å². The Bertz CT molecular complexity index is 363. The largest absolute Gasteiger partial charge is 0.298 e. The number of hydrogen-bond acceptors (Lipinski definition) is 2. The summed E-state index contributed by atoms with van der Waals surface area (Å²) in [4.78, 5) is 21.6. The molecule has 0 spiro atoms. The Morgan fingerprint density at radius 2 is 2.21 bits per heavy atom. The Kier molecular flexibility index (Phi) is 4.29. The number of Topliss-reactive ketones (excluding diaryl/α,β-unsaturated/α-hetero) is 1. The summed E-state index contributed by atoms with van der Waals surface area (Å²) in [5, 5.41) is 0. The lowest BCUT2D eigenvalue weighted by Gasteiger charge is -2.01. The summed E-state index contributed by atoms with van der Waals surface area (Å²) in [5.41, 5.74) is 1.35. The Hall–Kier alpha value is -0.670. The first-order valence-corrected chi connectivity index (χ1v) is 5.31. The van der Waals surface area contributed by atoms with Gasteiger partial charge in [-0.1, -0.05) is 22.0 Å². The molecule has 0 aliphatic heterocycles. The van der Waals surface area contributed by atoms with Crippen LogP contribution in [0.1, 0.15) is 15.9 Å². The monoisotopic (exact) mass is 274 g/mol.